The van der Waals surface area contributed by atoms with Crippen LogP contribution in [0, 0.1) is 0 Å². The third-order valence-electron chi connectivity index (χ3n) is 9.21. The summed E-state index contributed by atoms with van der Waals surface area (Å²) >= 11 is 0. The second kappa shape index (κ2) is 17.2. The van der Waals surface area contributed by atoms with Crippen LogP contribution in [0.2, 0.25) is 0 Å². The average Bonchev–Trinajstić information content (AvgIpc) is 3.57. The second-order valence-electron chi connectivity index (χ2n) is 14.2. The van der Waals surface area contributed by atoms with E-state index in [0.717, 1.165) is 36.8 Å². The maximum absolute atomic E-state index is 13.4. The molecule has 1 amide bonds. The maximum atomic E-state index is 13.4. The van der Waals surface area contributed by atoms with E-state index in [-0.39, 0.29) is 12.1 Å². The van der Waals surface area contributed by atoms with Gasteiger partial charge in [0.15, 0.2) is 11.5 Å². The minimum Gasteiger partial charge on any atom is -0.497 e. The smallest absolute Gasteiger partial charge is 0.410 e. The third-order valence-corrected chi connectivity index (χ3v) is 9.21. The fourth-order valence-corrected chi connectivity index (χ4v) is 6.59. The number of ether oxygens (including phenoxy) is 6. The standard InChI is InChI=1S/C39H54N6O8/c1-10-13-25(2)52-37-41-36(35-40-22-31(45(35)42-37)34(46)30-14-11-12-19-44(30)38(47)53-39(3,4)5)43(23-26-15-17-28(48-6)20-32(26)50-8)24-27-16-18-29(49-7)21-33(27)51-9/h15-18,20-22,25,30,34,46H,10-14,19,23-24H2,1-9H3/t25-,30?,34?/m0/s1. The van der Waals surface area contributed by atoms with Crippen LogP contribution in [0.5, 0.6) is 29.0 Å². The minimum absolute atomic E-state index is 0.126. The van der Waals surface area contributed by atoms with E-state index < -0.39 is 23.8 Å². The van der Waals surface area contributed by atoms with Gasteiger partial charge in [-0.2, -0.15) is 4.98 Å². The molecule has 0 spiro atoms. The minimum atomic E-state index is -1.13. The van der Waals surface area contributed by atoms with E-state index in [2.05, 4.69) is 6.92 Å². The van der Waals surface area contributed by atoms with E-state index in [0.29, 0.717) is 66.2 Å². The van der Waals surface area contributed by atoms with Gasteiger partial charge in [-0.25, -0.2) is 14.3 Å². The number of imidazole rings is 1. The number of hydrogen-bond acceptors (Lipinski definition) is 12. The van der Waals surface area contributed by atoms with Crippen LogP contribution >= 0.6 is 0 Å². The number of aliphatic hydroxyl groups is 1. The van der Waals surface area contributed by atoms with Crippen LogP contribution in [-0.2, 0) is 17.8 Å². The molecule has 288 valence electrons. The quantitative estimate of drug-likeness (QED) is 0.138. The molecule has 3 heterocycles. The molecule has 2 unspecified atom stereocenters. The number of fused-ring (bicyclic) bond motifs is 1. The Hall–Kier alpha value is -4.98. The highest BCUT2D eigenvalue weighted by atomic mass is 16.6. The Balaban J connectivity index is 1.66. The molecular formula is C39H54N6O8. The lowest BCUT2D eigenvalue weighted by molar-refractivity contribution is -0.0182. The molecule has 1 N–H and O–H groups in total. The van der Waals surface area contributed by atoms with E-state index in [1.165, 1.54) is 0 Å². The topological polar surface area (TPSA) is 142 Å². The number of carbonyl (C=O) groups is 1. The summed E-state index contributed by atoms with van der Waals surface area (Å²) in [7, 11) is 6.46. The molecule has 14 heteroatoms. The van der Waals surface area contributed by atoms with Gasteiger partial charge in [-0.3, -0.25) is 0 Å². The van der Waals surface area contributed by atoms with Crippen molar-refractivity contribution < 1.29 is 38.3 Å². The molecule has 0 bridgehead atoms. The summed E-state index contributed by atoms with van der Waals surface area (Å²) in [6.45, 7) is 10.7. The first-order chi connectivity index (χ1) is 25.4. The zero-order chi connectivity index (χ0) is 38.3. The number of likely N-dealkylation sites (tertiary alicyclic amines) is 1. The second-order valence-corrected chi connectivity index (χ2v) is 14.2. The lowest BCUT2D eigenvalue weighted by atomic mass is 9.96. The lowest BCUT2D eigenvalue weighted by Gasteiger charge is -2.38. The van der Waals surface area contributed by atoms with E-state index in [4.69, 9.17) is 43.5 Å². The molecule has 3 atom stereocenters. The van der Waals surface area contributed by atoms with Crippen LogP contribution in [0.15, 0.2) is 42.6 Å². The fourth-order valence-electron chi connectivity index (χ4n) is 6.59. The highest BCUT2D eigenvalue weighted by Crippen LogP contribution is 2.35. The van der Waals surface area contributed by atoms with Crippen molar-refractivity contribution >= 4 is 17.6 Å². The largest absolute Gasteiger partial charge is 0.497 e. The Labute approximate surface area is 311 Å². The zero-order valence-electron chi connectivity index (χ0n) is 32.4. The normalized spacial score (nSPS) is 15.8. The van der Waals surface area contributed by atoms with Crippen molar-refractivity contribution in [3.8, 4) is 29.0 Å². The third kappa shape index (κ3) is 9.34. The van der Waals surface area contributed by atoms with Gasteiger partial charge in [-0.05, 0) is 77.6 Å². The number of nitrogens with zero attached hydrogens (tertiary/aromatic N) is 6. The number of carbonyl (C=O) groups excluding carboxylic acids is 1. The van der Waals surface area contributed by atoms with Gasteiger partial charge in [0.05, 0.1) is 52.5 Å². The van der Waals surface area contributed by atoms with Crippen molar-refractivity contribution in [1.29, 1.82) is 0 Å². The van der Waals surface area contributed by atoms with Crippen molar-refractivity contribution in [2.45, 2.75) is 104 Å². The summed E-state index contributed by atoms with van der Waals surface area (Å²) < 4.78 is 36.2. The maximum Gasteiger partial charge on any atom is 0.410 e. The first-order valence-electron chi connectivity index (χ1n) is 18.2. The van der Waals surface area contributed by atoms with Gasteiger partial charge in [-0.1, -0.05) is 13.3 Å². The van der Waals surface area contributed by atoms with Crippen LogP contribution < -0.4 is 28.6 Å². The number of rotatable bonds is 15. The Bertz CT molecular complexity index is 1790. The van der Waals surface area contributed by atoms with Gasteiger partial charge in [0.2, 0.25) is 0 Å². The molecule has 0 saturated carbocycles. The summed E-state index contributed by atoms with van der Waals surface area (Å²) in [6, 6.07) is 10.9. The summed E-state index contributed by atoms with van der Waals surface area (Å²) in [5, 5.41) is 16.8. The first kappa shape index (κ1) is 39.2. The zero-order valence-corrected chi connectivity index (χ0v) is 32.4. The van der Waals surface area contributed by atoms with Crippen molar-refractivity contribution in [1.82, 2.24) is 24.5 Å². The fraction of sp³-hybridized carbons (Fsp3) is 0.538. The monoisotopic (exact) mass is 734 g/mol. The van der Waals surface area contributed by atoms with Gasteiger partial charge >= 0.3 is 12.1 Å². The van der Waals surface area contributed by atoms with E-state index in [9.17, 15) is 9.90 Å². The van der Waals surface area contributed by atoms with Gasteiger partial charge < -0.3 is 43.3 Å². The number of methoxy groups -OCH3 is 4. The number of hydrogen-bond donors (Lipinski definition) is 1. The molecule has 1 saturated heterocycles. The Kier molecular flexibility index (Phi) is 12.8. The average molecular weight is 735 g/mol. The molecule has 0 radical (unpaired) electrons. The molecule has 1 aliphatic rings. The molecule has 1 fully saturated rings. The summed E-state index contributed by atoms with van der Waals surface area (Å²) in [4.78, 5) is 26.8. The number of aliphatic hydroxyl groups excluding tert-OH is 1. The number of aromatic nitrogens is 4. The van der Waals surface area contributed by atoms with Crippen LogP contribution in [0.4, 0.5) is 10.6 Å². The molecule has 2 aromatic heterocycles. The molecular weight excluding hydrogens is 680 g/mol. The van der Waals surface area contributed by atoms with Gasteiger partial charge in [0, 0.05) is 42.9 Å². The lowest BCUT2D eigenvalue weighted by Crippen LogP contribution is -2.48. The van der Waals surface area contributed by atoms with Crippen molar-refractivity contribution in [2.75, 3.05) is 39.9 Å². The van der Waals surface area contributed by atoms with E-state index in [1.54, 1.807) is 44.1 Å². The SMILES string of the molecule is CCC[C@H](C)Oc1nc(N(Cc2ccc(OC)cc2OC)Cc2ccc(OC)cc2OC)c2ncc(C(O)C3CCCCN3C(=O)OC(C)(C)C)n2n1. The van der Waals surface area contributed by atoms with E-state index in [1.807, 2.05) is 69.0 Å². The van der Waals surface area contributed by atoms with Crippen LogP contribution in [-0.4, -0.2) is 88.4 Å². The highest BCUT2D eigenvalue weighted by molar-refractivity contribution is 5.69. The Morgan fingerprint density at radius 2 is 1.58 bits per heavy atom. The van der Waals surface area contributed by atoms with Gasteiger partial charge in [-0.15, -0.1) is 5.10 Å². The van der Waals surface area contributed by atoms with Crippen molar-refractivity contribution in [3.05, 3.63) is 59.4 Å². The molecule has 2 aromatic carbocycles. The molecule has 4 aromatic rings. The van der Waals surface area contributed by atoms with Crippen LogP contribution in [0.1, 0.15) is 89.6 Å². The Morgan fingerprint density at radius 3 is 2.13 bits per heavy atom. The number of benzene rings is 2. The van der Waals surface area contributed by atoms with Crippen molar-refractivity contribution in [3.63, 3.8) is 0 Å². The summed E-state index contributed by atoms with van der Waals surface area (Å²) in [5.74, 6) is 3.05. The number of anilines is 1. The van der Waals surface area contributed by atoms with Crippen molar-refractivity contribution in [2.24, 2.45) is 0 Å². The molecule has 14 nitrogen and oxygen atoms in total. The molecule has 53 heavy (non-hydrogen) atoms. The molecule has 5 rings (SSSR count). The Morgan fingerprint density at radius 1 is 0.962 bits per heavy atom. The van der Waals surface area contributed by atoms with Gasteiger partial charge in [0.1, 0.15) is 34.7 Å². The van der Waals surface area contributed by atoms with E-state index >= 15 is 0 Å². The first-order valence-corrected chi connectivity index (χ1v) is 18.2. The molecule has 0 aliphatic carbocycles. The summed E-state index contributed by atoms with van der Waals surface area (Å²) in [6.07, 6.45) is 3.78. The number of amides is 1. The van der Waals surface area contributed by atoms with Crippen LogP contribution in [0.25, 0.3) is 5.65 Å². The predicted molar refractivity (Wildman–Crippen MR) is 200 cm³/mol. The summed E-state index contributed by atoms with van der Waals surface area (Å²) in [5.41, 5.74) is 1.84. The highest BCUT2D eigenvalue weighted by Gasteiger charge is 2.37. The number of piperidine rings is 1. The van der Waals surface area contributed by atoms with Gasteiger partial charge in [0.25, 0.3) is 0 Å². The van der Waals surface area contributed by atoms with Crippen LogP contribution in [0.3, 0.4) is 0 Å². The molecule has 1 aliphatic heterocycles. The predicted octanol–water partition coefficient (Wildman–Crippen LogP) is 6.76.